The summed E-state index contributed by atoms with van der Waals surface area (Å²) >= 11 is -0.0720. The fourth-order valence-electron chi connectivity index (χ4n) is 3.55. The van der Waals surface area contributed by atoms with Crippen molar-refractivity contribution in [1.82, 2.24) is 0 Å². The summed E-state index contributed by atoms with van der Waals surface area (Å²) in [4.78, 5) is 10.2. The fraction of sp³-hybridized carbons (Fsp3) is 0.962. The van der Waals surface area contributed by atoms with Gasteiger partial charge < -0.3 is 5.11 Å². The summed E-state index contributed by atoms with van der Waals surface area (Å²) in [6, 6.07) is 0. The second kappa shape index (κ2) is 24.4. The summed E-state index contributed by atoms with van der Waals surface area (Å²) in [5, 5.41) is 11.7. The van der Waals surface area contributed by atoms with Crippen LogP contribution in [0.2, 0.25) is 10.0 Å². The van der Waals surface area contributed by atoms with Crippen LogP contribution in [0, 0.1) is 5.41 Å². The quantitative estimate of drug-likeness (QED) is 0.153. The van der Waals surface area contributed by atoms with Gasteiger partial charge in [0.1, 0.15) is 0 Å². The van der Waals surface area contributed by atoms with Crippen LogP contribution in [-0.2, 0) is 21.9 Å². The van der Waals surface area contributed by atoms with E-state index in [-0.39, 0.29) is 17.1 Å². The van der Waals surface area contributed by atoms with Gasteiger partial charge in [0.15, 0.2) is 0 Å². The first-order valence-corrected chi connectivity index (χ1v) is 17.2. The van der Waals surface area contributed by atoms with E-state index in [9.17, 15) is 4.79 Å². The number of carboxylic acid groups (broad SMARTS) is 1. The van der Waals surface area contributed by atoms with Gasteiger partial charge in [0, 0.05) is 6.42 Å². The SMILES string of the molecule is CC(C)(C)CCCCCC(=O)O.CCCCCCC[CH2][Zn][CH2]CCCCCCC. The Hall–Kier alpha value is 0.0934. The van der Waals surface area contributed by atoms with Gasteiger partial charge in [-0.1, -0.05) is 33.6 Å². The molecule has 0 radical (unpaired) electrons. The molecule has 0 spiro atoms. The molecule has 0 aromatic rings. The Morgan fingerprint density at radius 1 is 0.655 bits per heavy atom. The van der Waals surface area contributed by atoms with E-state index in [0.717, 1.165) is 19.3 Å². The zero-order chi connectivity index (χ0) is 22.2. The number of hydrogen-bond donors (Lipinski definition) is 1. The zero-order valence-electron chi connectivity index (χ0n) is 21.0. The number of carbonyl (C=O) groups is 1. The van der Waals surface area contributed by atoms with Gasteiger partial charge in [0.2, 0.25) is 0 Å². The van der Waals surface area contributed by atoms with Gasteiger partial charge in [0.05, 0.1) is 0 Å². The second-order valence-corrected chi connectivity index (χ2v) is 14.6. The molecule has 0 heterocycles. The van der Waals surface area contributed by atoms with Gasteiger partial charge in [-0.3, -0.25) is 4.79 Å². The zero-order valence-corrected chi connectivity index (χ0v) is 24.0. The van der Waals surface area contributed by atoms with Crippen LogP contribution in [0.25, 0.3) is 0 Å². The maximum atomic E-state index is 10.2. The summed E-state index contributed by atoms with van der Waals surface area (Å²) in [5.41, 5.74) is 0.392. The predicted octanol–water partition coefficient (Wildman–Crippen LogP) is 9.69. The molecule has 3 heteroatoms. The molecule has 0 unspecified atom stereocenters. The molecule has 0 saturated carbocycles. The summed E-state index contributed by atoms with van der Waals surface area (Å²) in [6.07, 6.45) is 22.4. The molecule has 2 nitrogen and oxygen atoms in total. The summed E-state index contributed by atoms with van der Waals surface area (Å²) in [5.74, 6) is -0.675. The van der Waals surface area contributed by atoms with Crippen molar-refractivity contribution in [2.45, 2.75) is 154 Å². The number of aliphatic carboxylic acids is 1. The predicted molar refractivity (Wildman–Crippen MR) is 127 cm³/mol. The van der Waals surface area contributed by atoms with Crippen LogP contribution < -0.4 is 0 Å². The first-order valence-electron chi connectivity index (χ1n) is 13.0. The van der Waals surface area contributed by atoms with Crippen LogP contribution in [-0.4, -0.2) is 11.1 Å². The van der Waals surface area contributed by atoms with Crippen LogP contribution in [0.4, 0.5) is 0 Å². The van der Waals surface area contributed by atoms with Crippen molar-refractivity contribution < 1.29 is 27.0 Å². The fourth-order valence-corrected chi connectivity index (χ4v) is 7.26. The number of hydrogen-bond acceptors (Lipinski definition) is 1. The van der Waals surface area contributed by atoms with E-state index in [2.05, 4.69) is 34.6 Å². The van der Waals surface area contributed by atoms with Crippen LogP contribution in [0.15, 0.2) is 0 Å². The molecular formula is C26H54O2Zn. The van der Waals surface area contributed by atoms with Crippen LogP contribution in [0.5, 0.6) is 0 Å². The van der Waals surface area contributed by atoms with Crippen molar-refractivity contribution in [2.75, 3.05) is 0 Å². The van der Waals surface area contributed by atoms with Crippen molar-refractivity contribution in [3.63, 3.8) is 0 Å². The van der Waals surface area contributed by atoms with Crippen molar-refractivity contribution in [3.05, 3.63) is 0 Å². The molecule has 0 fully saturated rings. The first kappa shape index (κ1) is 31.3. The van der Waals surface area contributed by atoms with E-state index in [1.165, 1.54) is 70.6 Å². The van der Waals surface area contributed by atoms with E-state index >= 15 is 0 Å². The van der Waals surface area contributed by atoms with E-state index in [1.807, 2.05) is 0 Å². The molecule has 29 heavy (non-hydrogen) atoms. The van der Waals surface area contributed by atoms with Crippen LogP contribution in [0.1, 0.15) is 144 Å². The minimum absolute atomic E-state index is 0.0720. The molecule has 172 valence electrons. The topological polar surface area (TPSA) is 37.3 Å². The van der Waals surface area contributed by atoms with Crippen molar-refractivity contribution in [2.24, 2.45) is 5.41 Å². The van der Waals surface area contributed by atoms with Crippen molar-refractivity contribution in [3.8, 4) is 0 Å². The van der Waals surface area contributed by atoms with E-state index in [4.69, 9.17) is 5.11 Å². The van der Waals surface area contributed by atoms with Crippen molar-refractivity contribution >= 4 is 5.97 Å². The van der Waals surface area contributed by atoms with Gasteiger partial charge in [-0.05, 0) is 18.3 Å². The molecule has 0 aliphatic carbocycles. The van der Waals surface area contributed by atoms with Gasteiger partial charge in [0.25, 0.3) is 0 Å². The Morgan fingerprint density at radius 3 is 1.48 bits per heavy atom. The molecule has 1 N–H and O–H groups in total. The number of unbranched alkanes of at least 4 members (excludes halogenated alkanes) is 12. The number of rotatable bonds is 19. The molecule has 0 aromatic carbocycles. The standard InChI is InChI=1S/C10H20O2.2C8H17.Zn/c1-10(2,3)8-6-4-5-7-9(11)12;2*1-3-5-7-8-6-4-2;/h4-8H2,1-3H3,(H,11,12);2*1,3-8H2,2H3;. The van der Waals surface area contributed by atoms with Gasteiger partial charge >= 0.3 is 124 Å². The summed E-state index contributed by atoms with van der Waals surface area (Å²) in [6.45, 7) is 11.2. The molecule has 0 amide bonds. The molecule has 0 atom stereocenters. The Balaban J connectivity index is 0. The maximum absolute atomic E-state index is 10.2. The Labute approximate surface area is 192 Å². The Morgan fingerprint density at radius 2 is 1.07 bits per heavy atom. The minimum atomic E-state index is -0.675. The van der Waals surface area contributed by atoms with E-state index < -0.39 is 5.97 Å². The molecule has 0 rings (SSSR count). The summed E-state index contributed by atoms with van der Waals surface area (Å²) < 4.78 is 0. The third-order valence-electron chi connectivity index (χ3n) is 5.52. The Kier molecular flexibility index (Phi) is 26.3. The number of carboxylic acids is 1. The molecular weight excluding hydrogens is 410 g/mol. The van der Waals surface area contributed by atoms with Gasteiger partial charge in [-0.25, -0.2) is 0 Å². The third-order valence-corrected chi connectivity index (χ3v) is 9.72. The first-order chi connectivity index (χ1) is 13.8. The normalized spacial score (nSPS) is 10.9. The average Bonchev–Trinajstić information content (AvgIpc) is 2.64. The average molecular weight is 464 g/mol. The third kappa shape index (κ3) is 35.9. The molecule has 0 aliphatic heterocycles. The monoisotopic (exact) mass is 462 g/mol. The van der Waals surface area contributed by atoms with E-state index in [1.54, 1.807) is 22.9 Å². The molecule has 0 aromatic heterocycles. The molecule has 0 saturated heterocycles. The summed E-state index contributed by atoms with van der Waals surface area (Å²) in [7, 11) is 0. The van der Waals surface area contributed by atoms with Crippen LogP contribution in [0.3, 0.4) is 0 Å². The molecule has 0 aliphatic rings. The van der Waals surface area contributed by atoms with Crippen LogP contribution >= 0.6 is 0 Å². The van der Waals surface area contributed by atoms with Crippen molar-refractivity contribution in [1.29, 1.82) is 0 Å². The van der Waals surface area contributed by atoms with Gasteiger partial charge in [-0.2, -0.15) is 0 Å². The van der Waals surface area contributed by atoms with Gasteiger partial charge in [-0.15, -0.1) is 0 Å². The van der Waals surface area contributed by atoms with E-state index in [0.29, 0.717) is 11.8 Å². The second-order valence-electron chi connectivity index (χ2n) is 10.1. The Bertz CT molecular complexity index is 309. The molecule has 0 bridgehead atoms.